The smallest absolute Gasteiger partial charge is 0.272 e. The summed E-state index contributed by atoms with van der Waals surface area (Å²) in [5.74, 6) is -0.0723. The average Bonchev–Trinajstić information content (AvgIpc) is 3.15. The number of aromatic nitrogens is 4. The van der Waals surface area contributed by atoms with Gasteiger partial charge in [0, 0.05) is 40.3 Å². The Kier molecular flexibility index (Phi) is 5.34. The molecule has 3 heterocycles. The van der Waals surface area contributed by atoms with E-state index in [0.29, 0.717) is 24.5 Å². The van der Waals surface area contributed by atoms with Crippen LogP contribution in [0.25, 0.3) is 0 Å². The molecule has 0 spiro atoms. The van der Waals surface area contributed by atoms with E-state index in [-0.39, 0.29) is 17.9 Å². The quantitative estimate of drug-likeness (QED) is 0.816. The molecule has 27 heavy (non-hydrogen) atoms. The number of piperidine rings is 1. The molecule has 0 unspecified atom stereocenters. The minimum Gasteiger partial charge on any atom is -0.338 e. The Morgan fingerprint density at radius 3 is 2.22 bits per heavy atom. The van der Waals surface area contributed by atoms with E-state index >= 15 is 0 Å². The first-order valence-corrected chi connectivity index (χ1v) is 9.35. The van der Waals surface area contributed by atoms with Crippen LogP contribution in [0.1, 0.15) is 51.4 Å². The fourth-order valence-corrected chi connectivity index (χ4v) is 3.88. The number of hydrogen-bond donors (Lipinski definition) is 0. The highest BCUT2D eigenvalue weighted by atomic mass is 16.2. The third kappa shape index (κ3) is 3.61. The lowest BCUT2D eigenvalue weighted by molar-refractivity contribution is 0.0506. The molecule has 2 aromatic rings. The van der Waals surface area contributed by atoms with Crippen LogP contribution in [0, 0.1) is 13.8 Å². The summed E-state index contributed by atoms with van der Waals surface area (Å²) in [5.41, 5.74) is 2.95. The van der Waals surface area contributed by atoms with Crippen molar-refractivity contribution in [1.29, 1.82) is 0 Å². The van der Waals surface area contributed by atoms with E-state index in [0.717, 1.165) is 30.4 Å². The summed E-state index contributed by atoms with van der Waals surface area (Å²) in [6, 6.07) is 0.00281. The fraction of sp³-hybridized carbons (Fsp3) is 0.579. The van der Waals surface area contributed by atoms with Crippen LogP contribution in [-0.2, 0) is 14.1 Å². The van der Waals surface area contributed by atoms with E-state index in [4.69, 9.17) is 0 Å². The molecule has 1 aliphatic heterocycles. The van der Waals surface area contributed by atoms with Gasteiger partial charge in [-0.1, -0.05) is 0 Å². The number of likely N-dealkylation sites (N-methyl/N-ethyl adjacent to an activating group) is 1. The summed E-state index contributed by atoms with van der Waals surface area (Å²) in [7, 11) is 5.36. The number of aryl methyl sites for hydroxylation is 4. The van der Waals surface area contributed by atoms with Crippen LogP contribution in [0.3, 0.4) is 0 Å². The van der Waals surface area contributed by atoms with Crippen LogP contribution in [0.5, 0.6) is 0 Å². The predicted molar refractivity (Wildman–Crippen MR) is 102 cm³/mol. The van der Waals surface area contributed by atoms with Gasteiger partial charge in [-0.15, -0.1) is 0 Å². The van der Waals surface area contributed by atoms with Gasteiger partial charge in [0.1, 0.15) is 11.4 Å². The SMILES string of the molecule is Cc1cnn(C)c1C(=O)N(C)C[C@@H]1CCCCN1C(=O)c1c(C)cnn1C. The number of hydrogen-bond acceptors (Lipinski definition) is 4. The van der Waals surface area contributed by atoms with Gasteiger partial charge in [-0.3, -0.25) is 19.0 Å². The molecule has 0 aromatic carbocycles. The molecular weight excluding hydrogens is 344 g/mol. The molecule has 2 aromatic heterocycles. The van der Waals surface area contributed by atoms with Crippen molar-refractivity contribution in [3.63, 3.8) is 0 Å². The summed E-state index contributed by atoms with van der Waals surface area (Å²) in [5, 5.41) is 8.35. The molecule has 8 nitrogen and oxygen atoms in total. The van der Waals surface area contributed by atoms with Gasteiger partial charge in [0.25, 0.3) is 11.8 Å². The summed E-state index contributed by atoms with van der Waals surface area (Å²) in [6.07, 6.45) is 6.35. The van der Waals surface area contributed by atoms with Crippen molar-refractivity contribution >= 4 is 11.8 Å². The summed E-state index contributed by atoms with van der Waals surface area (Å²) >= 11 is 0. The third-order valence-corrected chi connectivity index (χ3v) is 5.37. The van der Waals surface area contributed by atoms with E-state index < -0.39 is 0 Å². The number of nitrogens with zero attached hydrogens (tertiary/aromatic N) is 6. The first kappa shape index (κ1) is 19.1. The Balaban J connectivity index is 1.78. The second-order valence-corrected chi connectivity index (χ2v) is 7.43. The number of carbonyl (C=O) groups is 2. The van der Waals surface area contributed by atoms with Crippen molar-refractivity contribution in [3.05, 3.63) is 34.9 Å². The molecular formula is C19H28N6O2. The molecule has 1 saturated heterocycles. The van der Waals surface area contributed by atoms with Crippen LogP contribution in [0.2, 0.25) is 0 Å². The lowest BCUT2D eigenvalue weighted by Crippen LogP contribution is -2.50. The summed E-state index contributed by atoms with van der Waals surface area (Å²) in [6.45, 7) is 5.00. The molecule has 0 aliphatic carbocycles. The van der Waals surface area contributed by atoms with E-state index in [1.165, 1.54) is 0 Å². The van der Waals surface area contributed by atoms with Gasteiger partial charge in [-0.2, -0.15) is 10.2 Å². The molecule has 1 aliphatic rings. The molecule has 3 rings (SSSR count). The van der Waals surface area contributed by atoms with E-state index in [1.54, 1.807) is 47.8 Å². The second-order valence-electron chi connectivity index (χ2n) is 7.43. The zero-order chi connectivity index (χ0) is 19.7. The third-order valence-electron chi connectivity index (χ3n) is 5.37. The molecule has 0 radical (unpaired) electrons. The highest BCUT2D eigenvalue weighted by Crippen LogP contribution is 2.22. The lowest BCUT2D eigenvalue weighted by atomic mass is 10.0. The Bertz CT molecular complexity index is 814. The molecule has 0 saturated carbocycles. The Morgan fingerprint density at radius 1 is 1.07 bits per heavy atom. The lowest BCUT2D eigenvalue weighted by Gasteiger charge is -2.38. The van der Waals surface area contributed by atoms with Gasteiger partial charge in [-0.05, 0) is 44.2 Å². The van der Waals surface area contributed by atoms with Gasteiger partial charge < -0.3 is 9.80 Å². The maximum absolute atomic E-state index is 13.1. The number of likely N-dealkylation sites (tertiary alicyclic amines) is 1. The van der Waals surface area contributed by atoms with E-state index in [2.05, 4.69) is 10.2 Å². The first-order valence-electron chi connectivity index (χ1n) is 9.35. The van der Waals surface area contributed by atoms with E-state index in [1.807, 2.05) is 18.7 Å². The second kappa shape index (κ2) is 7.54. The first-order chi connectivity index (χ1) is 12.8. The summed E-state index contributed by atoms with van der Waals surface area (Å²) < 4.78 is 3.24. The van der Waals surface area contributed by atoms with Crippen LogP contribution in [0.4, 0.5) is 0 Å². The normalized spacial score (nSPS) is 17.2. The van der Waals surface area contributed by atoms with Gasteiger partial charge in [0.05, 0.1) is 12.4 Å². The molecule has 146 valence electrons. The summed E-state index contributed by atoms with van der Waals surface area (Å²) in [4.78, 5) is 29.6. The maximum Gasteiger partial charge on any atom is 0.272 e. The molecule has 0 N–H and O–H groups in total. The van der Waals surface area contributed by atoms with Crippen molar-refractivity contribution in [3.8, 4) is 0 Å². The standard InChI is InChI=1S/C19H28N6O2/c1-13-10-20-23(4)16(13)18(26)22(3)12-15-8-6-7-9-25(15)19(27)17-14(2)11-21-24(17)5/h10-11,15H,6-9,12H2,1-5H3/t15-/m0/s1. The molecule has 1 atom stereocenters. The van der Waals surface area contributed by atoms with Crippen LogP contribution in [0.15, 0.2) is 12.4 Å². The minimum absolute atomic E-state index is 0.00281. The van der Waals surface area contributed by atoms with Crippen molar-refractivity contribution in [2.24, 2.45) is 14.1 Å². The van der Waals surface area contributed by atoms with Crippen molar-refractivity contribution in [2.75, 3.05) is 20.1 Å². The van der Waals surface area contributed by atoms with Gasteiger partial charge in [-0.25, -0.2) is 0 Å². The van der Waals surface area contributed by atoms with Gasteiger partial charge >= 0.3 is 0 Å². The molecule has 8 heteroatoms. The van der Waals surface area contributed by atoms with Gasteiger partial charge in [0.15, 0.2) is 0 Å². The zero-order valence-electron chi connectivity index (χ0n) is 16.8. The number of rotatable bonds is 4. The van der Waals surface area contributed by atoms with Crippen molar-refractivity contribution in [1.82, 2.24) is 29.4 Å². The Hall–Kier alpha value is -2.64. The average molecular weight is 372 g/mol. The van der Waals surface area contributed by atoms with Crippen molar-refractivity contribution < 1.29 is 9.59 Å². The maximum atomic E-state index is 13.1. The number of carbonyl (C=O) groups excluding carboxylic acids is 2. The number of amides is 2. The monoisotopic (exact) mass is 372 g/mol. The zero-order valence-corrected chi connectivity index (χ0v) is 16.8. The van der Waals surface area contributed by atoms with Crippen LogP contribution >= 0.6 is 0 Å². The van der Waals surface area contributed by atoms with Gasteiger partial charge in [0.2, 0.25) is 0 Å². The van der Waals surface area contributed by atoms with Crippen LogP contribution in [-0.4, -0.2) is 67.4 Å². The predicted octanol–water partition coefficient (Wildman–Crippen LogP) is 1.54. The fourth-order valence-electron chi connectivity index (χ4n) is 3.88. The van der Waals surface area contributed by atoms with Crippen LogP contribution < -0.4 is 0 Å². The highest BCUT2D eigenvalue weighted by Gasteiger charge is 2.32. The molecule has 1 fully saturated rings. The van der Waals surface area contributed by atoms with E-state index in [9.17, 15) is 9.59 Å². The van der Waals surface area contributed by atoms with Crippen molar-refractivity contribution in [2.45, 2.75) is 39.2 Å². The largest absolute Gasteiger partial charge is 0.338 e. The highest BCUT2D eigenvalue weighted by molar-refractivity contribution is 5.95. The minimum atomic E-state index is -0.0674. The Labute approximate surface area is 159 Å². The topological polar surface area (TPSA) is 76.3 Å². The Morgan fingerprint density at radius 2 is 1.67 bits per heavy atom. The molecule has 2 amide bonds. The molecule has 0 bridgehead atoms.